The lowest BCUT2D eigenvalue weighted by atomic mass is 9.72. The second-order valence-electron chi connectivity index (χ2n) is 9.02. The third kappa shape index (κ3) is 3.00. The molecule has 0 unspecified atom stereocenters. The molecule has 4 aromatic rings. The number of rotatable bonds is 4. The Balaban J connectivity index is 1.74. The van der Waals surface area contributed by atoms with E-state index in [0.717, 1.165) is 16.5 Å². The van der Waals surface area contributed by atoms with Gasteiger partial charge in [-0.2, -0.15) is 0 Å². The molecular weight excluding hydrogens is 432 g/mol. The highest BCUT2D eigenvalue weighted by Gasteiger charge is 2.50. The molecule has 7 nitrogen and oxygen atoms in total. The van der Waals surface area contributed by atoms with Gasteiger partial charge in [-0.3, -0.25) is 19.0 Å². The summed E-state index contributed by atoms with van der Waals surface area (Å²) in [7, 11) is 3.91. The van der Waals surface area contributed by atoms with E-state index in [-0.39, 0.29) is 25.2 Å². The second-order valence-corrected chi connectivity index (χ2v) is 9.02. The van der Waals surface area contributed by atoms with Gasteiger partial charge in [-0.15, -0.1) is 0 Å². The predicted molar refractivity (Wildman–Crippen MR) is 130 cm³/mol. The van der Waals surface area contributed by atoms with Crippen LogP contribution in [0.2, 0.25) is 0 Å². The van der Waals surface area contributed by atoms with Crippen molar-refractivity contribution in [2.24, 2.45) is 5.41 Å². The summed E-state index contributed by atoms with van der Waals surface area (Å²) in [6, 6.07) is 18.8. The van der Waals surface area contributed by atoms with Gasteiger partial charge in [0.1, 0.15) is 0 Å². The topological polar surface area (TPSA) is 99.8 Å². The molecule has 0 saturated heterocycles. The van der Waals surface area contributed by atoms with Crippen molar-refractivity contribution in [3.63, 3.8) is 0 Å². The van der Waals surface area contributed by atoms with E-state index in [1.165, 1.54) is 0 Å². The zero-order valence-corrected chi connectivity index (χ0v) is 18.9. The van der Waals surface area contributed by atoms with Crippen LogP contribution in [0.4, 0.5) is 5.69 Å². The number of hydrogen-bond acceptors (Lipinski definition) is 4. The van der Waals surface area contributed by atoms with Crippen molar-refractivity contribution < 1.29 is 24.6 Å². The van der Waals surface area contributed by atoms with Crippen LogP contribution in [0, 0.1) is 5.41 Å². The van der Waals surface area contributed by atoms with Crippen molar-refractivity contribution in [1.29, 1.82) is 0 Å². The van der Waals surface area contributed by atoms with Gasteiger partial charge in [-0.05, 0) is 42.0 Å². The molecule has 5 rings (SSSR count). The number of hydrogen-bond donors (Lipinski definition) is 2. The largest absolute Gasteiger partial charge is 0.480 e. The Morgan fingerprint density at radius 2 is 1.47 bits per heavy atom. The van der Waals surface area contributed by atoms with Crippen LogP contribution in [0.5, 0.6) is 0 Å². The van der Waals surface area contributed by atoms with Gasteiger partial charge in [0, 0.05) is 48.2 Å². The molecule has 172 valence electrons. The van der Waals surface area contributed by atoms with Crippen LogP contribution >= 0.6 is 0 Å². The first kappa shape index (κ1) is 21.7. The maximum atomic E-state index is 14.0. The number of carbonyl (C=O) groups excluding carboxylic acids is 1. The third-order valence-corrected chi connectivity index (χ3v) is 6.99. The molecule has 7 heteroatoms. The molecule has 0 aliphatic heterocycles. The van der Waals surface area contributed by atoms with Crippen LogP contribution < -0.4 is 4.90 Å². The molecule has 0 saturated carbocycles. The molecule has 0 bridgehead atoms. The minimum Gasteiger partial charge on any atom is -0.480 e. The molecule has 0 spiro atoms. The van der Waals surface area contributed by atoms with Crippen LogP contribution in [0.3, 0.4) is 0 Å². The highest BCUT2D eigenvalue weighted by Crippen LogP contribution is 2.42. The zero-order chi connectivity index (χ0) is 24.2. The summed E-state index contributed by atoms with van der Waals surface area (Å²) in [5.41, 5.74) is 1.60. The van der Waals surface area contributed by atoms with E-state index in [4.69, 9.17) is 0 Å². The quantitative estimate of drug-likeness (QED) is 0.447. The fourth-order valence-electron chi connectivity index (χ4n) is 5.21. The number of carboxylic acid groups (broad SMARTS) is 2. The molecule has 0 atom stereocenters. The zero-order valence-electron chi connectivity index (χ0n) is 18.9. The molecule has 2 N–H and O–H groups in total. The first-order valence-corrected chi connectivity index (χ1v) is 11.1. The summed E-state index contributed by atoms with van der Waals surface area (Å²) in [6.45, 7) is 0. The number of para-hydroxylation sites is 1. The molecule has 0 amide bonds. The average molecular weight is 456 g/mol. The Morgan fingerprint density at radius 1 is 0.853 bits per heavy atom. The SMILES string of the molecule is CN(C)c1ccc(C(=O)n2c3c(c4ccccc42)CC(C(=O)O)(C(=O)O)CC3)c2ccccc12. The van der Waals surface area contributed by atoms with Crippen LogP contribution in [0.15, 0.2) is 60.7 Å². The summed E-state index contributed by atoms with van der Waals surface area (Å²) in [4.78, 5) is 40.0. The number of anilines is 1. The van der Waals surface area contributed by atoms with Crippen molar-refractivity contribution in [2.75, 3.05) is 19.0 Å². The fraction of sp³-hybridized carbons (Fsp3) is 0.222. The van der Waals surface area contributed by atoms with Crippen LogP contribution in [-0.2, 0) is 22.4 Å². The third-order valence-electron chi connectivity index (χ3n) is 6.99. The van der Waals surface area contributed by atoms with E-state index in [2.05, 4.69) is 0 Å². The molecule has 34 heavy (non-hydrogen) atoms. The normalized spacial score (nSPS) is 14.6. The lowest BCUT2D eigenvalue weighted by Crippen LogP contribution is -2.44. The van der Waals surface area contributed by atoms with Gasteiger partial charge in [-0.1, -0.05) is 42.5 Å². The summed E-state index contributed by atoms with van der Waals surface area (Å²) < 4.78 is 1.65. The Bertz CT molecular complexity index is 1480. The monoisotopic (exact) mass is 456 g/mol. The molecule has 1 heterocycles. The lowest BCUT2D eigenvalue weighted by molar-refractivity contribution is -0.165. The van der Waals surface area contributed by atoms with Gasteiger partial charge in [0.15, 0.2) is 5.41 Å². The Morgan fingerprint density at radius 3 is 2.12 bits per heavy atom. The number of aliphatic carboxylic acids is 2. The van der Waals surface area contributed by atoms with Gasteiger partial charge in [0.25, 0.3) is 5.91 Å². The van der Waals surface area contributed by atoms with E-state index < -0.39 is 17.4 Å². The molecule has 1 aliphatic rings. The summed E-state index contributed by atoms with van der Waals surface area (Å²) in [5.74, 6) is -2.91. The number of fused-ring (bicyclic) bond motifs is 4. The highest BCUT2D eigenvalue weighted by molar-refractivity contribution is 6.14. The van der Waals surface area contributed by atoms with Gasteiger partial charge < -0.3 is 15.1 Å². The molecule has 0 fully saturated rings. The molecule has 1 aromatic heterocycles. The van der Waals surface area contributed by atoms with Gasteiger partial charge in [0.2, 0.25) is 0 Å². The van der Waals surface area contributed by atoms with Crippen molar-refractivity contribution in [3.8, 4) is 0 Å². The van der Waals surface area contributed by atoms with Gasteiger partial charge in [-0.25, -0.2) is 0 Å². The first-order valence-electron chi connectivity index (χ1n) is 11.1. The van der Waals surface area contributed by atoms with Crippen molar-refractivity contribution in [2.45, 2.75) is 19.3 Å². The predicted octanol–water partition coefficient (Wildman–Crippen LogP) is 4.19. The van der Waals surface area contributed by atoms with E-state index in [9.17, 15) is 24.6 Å². The summed E-state index contributed by atoms with van der Waals surface area (Å²) in [6.07, 6.45) is -0.0508. The summed E-state index contributed by atoms with van der Waals surface area (Å²) in [5, 5.41) is 22.1. The Hall–Kier alpha value is -4.13. The Labute approximate surface area is 195 Å². The second kappa shape index (κ2) is 7.73. The van der Waals surface area contributed by atoms with Crippen molar-refractivity contribution in [3.05, 3.63) is 77.5 Å². The molecule has 0 radical (unpaired) electrons. The van der Waals surface area contributed by atoms with Gasteiger partial charge >= 0.3 is 11.9 Å². The lowest BCUT2D eigenvalue weighted by Gasteiger charge is -2.30. The molecule has 3 aromatic carbocycles. The first-order chi connectivity index (χ1) is 16.3. The fourth-order valence-corrected chi connectivity index (χ4v) is 5.21. The maximum Gasteiger partial charge on any atom is 0.321 e. The van der Waals surface area contributed by atoms with Crippen LogP contribution in [0.25, 0.3) is 21.7 Å². The number of benzene rings is 3. The maximum absolute atomic E-state index is 14.0. The van der Waals surface area contributed by atoms with Gasteiger partial charge in [0.05, 0.1) is 5.52 Å². The Kier molecular flexibility index (Phi) is 4.93. The van der Waals surface area contributed by atoms with Crippen molar-refractivity contribution >= 4 is 45.2 Å². The summed E-state index contributed by atoms with van der Waals surface area (Å²) >= 11 is 0. The van der Waals surface area contributed by atoms with E-state index in [1.807, 2.05) is 79.7 Å². The molecular formula is C27H24N2O5. The number of carboxylic acids is 2. The van der Waals surface area contributed by atoms with Crippen LogP contribution in [0.1, 0.15) is 28.0 Å². The van der Waals surface area contributed by atoms with Crippen LogP contribution in [-0.4, -0.2) is 46.7 Å². The molecule has 1 aliphatic carbocycles. The van der Waals surface area contributed by atoms with E-state index in [1.54, 1.807) is 4.57 Å². The van der Waals surface area contributed by atoms with E-state index >= 15 is 0 Å². The smallest absolute Gasteiger partial charge is 0.321 e. The van der Waals surface area contributed by atoms with E-state index in [0.29, 0.717) is 27.7 Å². The number of aromatic nitrogens is 1. The average Bonchev–Trinajstić information content (AvgIpc) is 3.16. The standard InChI is InChI=1S/C27H24N2O5/c1-28(2)21-12-11-19(16-7-3-4-8-17(16)21)24(30)29-22-10-6-5-9-18(22)20-15-27(25(31)32,26(33)34)14-13-23(20)29/h3-12H,13-15H2,1-2H3,(H,31,32)(H,33,34). The number of carbonyl (C=O) groups is 3. The number of nitrogens with zero attached hydrogens (tertiary/aromatic N) is 2. The minimum absolute atomic E-state index is 0.0748. The minimum atomic E-state index is -1.90. The highest BCUT2D eigenvalue weighted by atomic mass is 16.4. The van der Waals surface area contributed by atoms with Crippen molar-refractivity contribution in [1.82, 2.24) is 4.57 Å².